The number of ether oxygens (including phenoxy) is 2. The molecule has 0 radical (unpaired) electrons. The van der Waals surface area contributed by atoms with Gasteiger partial charge in [0.05, 0.1) is 17.8 Å². The minimum Gasteiger partial charge on any atom is -0.497 e. The van der Waals surface area contributed by atoms with Gasteiger partial charge in [0.25, 0.3) is 0 Å². The van der Waals surface area contributed by atoms with Gasteiger partial charge in [-0.1, -0.05) is 0 Å². The molecule has 0 aliphatic carbocycles. The number of carbonyl (C=O) groups excluding carboxylic acids is 2. The van der Waals surface area contributed by atoms with Crippen LogP contribution in [0.15, 0.2) is 42.5 Å². The molecule has 0 aromatic heterocycles. The number of carbonyl (C=O) groups is 2. The zero-order valence-electron chi connectivity index (χ0n) is 14.3. The lowest BCUT2D eigenvalue weighted by Crippen LogP contribution is -1.94. The van der Waals surface area contributed by atoms with Crippen LogP contribution in [0, 0.1) is 3.57 Å². The second-order valence-electron chi connectivity index (χ2n) is 4.69. The Hall–Kier alpha value is -0.430. The molecule has 0 aliphatic rings. The molecule has 25 heavy (non-hydrogen) atoms. The third-order valence-electron chi connectivity index (χ3n) is 3.05. The monoisotopic (exact) mass is 680 g/mol. The third kappa shape index (κ3) is 9.18. The highest BCUT2D eigenvalue weighted by atomic mass is 128. The highest BCUT2D eigenvalue weighted by Gasteiger charge is 2.03. The summed E-state index contributed by atoms with van der Waals surface area (Å²) in [6.45, 7) is 3.10. The predicted molar refractivity (Wildman–Crippen MR) is 127 cm³/mol. The molecule has 2 aromatic rings. The number of methoxy groups -OCH3 is 2. The van der Waals surface area contributed by atoms with E-state index in [2.05, 4.69) is 59.8 Å². The van der Waals surface area contributed by atoms with Crippen molar-refractivity contribution in [3.05, 3.63) is 57.2 Å². The van der Waals surface area contributed by atoms with Gasteiger partial charge in [0.1, 0.15) is 11.5 Å². The molecule has 136 valence electrons. The summed E-state index contributed by atoms with van der Waals surface area (Å²) in [5.41, 5.74) is 1.44. The SMILES string of the molecule is COc1ccc(C(C)=O)cc1.COc1ccc(C(C)=O)cc1I.II. The summed E-state index contributed by atoms with van der Waals surface area (Å²) in [4.78, 5) is 21.8. The Kier molecular flexibility index (Phi) is 13.5. The molecule has 7 heteroatoms. The van der Waals surface area contributed by atoms with Gasteiger partial charge in [0.2, 0.25) is 0 Å². The van der Waals surface area contributed by atoms with Crippen molar-refractivity contribution in [2.24, 2.45) is 0 Å². The second kappa shape index (κ2) is 13.7. The molecule has 0 saturated heterocycles. The number of halogens is 3. The first-order chi connectivity index (χ1) is 11.9. The minimum absolute atomic E-state index is 0.0765. The van der Waals surface area contributed by atoms with Crippen LogP contribution in [0.5, 0.6) is 11.5 Å². The van der Waals surface area contributed by atoms with Gasteiger partial charge in [-0.3, -0.25) is 9.59 Å². The smallest absolute Gasteiger partial charge is 0.159 e. The third-order valence-corrected chi connectivity index (χ3v) is 3.90. The molecule has 2 aromatic carbocycles. The van der Waals surface area contributed by atoms with Crippen LogP contribution in [0.2, 0.25) is 0 Å². The Labute approximate surface area is 185 Å². The molecule has 0 fully saturated rings. The quantitative estimate of drug-likeness (QED) is 0.287. The predicted octanol–water partition coefficient (Wildman–Crippen LogP) is 6.17. The molecule has 0 amide bonds. The second-order valence-corrected chi connectivity index (χ2v) is 5.85. The van der Waals surface area contributed by atoms with E-state index in [9.17, 15) is 9.59 Å². The lowest BCUT2D eigenvalue weighted by atomic mass is 10.1. The van der Waals surface area contributed by atoms with E-state index in [0.29, 0.717) is 5.56 Å². The van der Waals surface area contributed by atoms with Crippen LogP contribution in [0.3, 0.4) is 0 Å². The molecule has 2 rings (SSSR count). The number of benzene rings is 2. The number of ketones is 2. The molecular weight excluding hydrogens is 661 g/mol. The van der Waals surface area contributed by atoms with Crippen molar-refractivity contribution in [3.63, 3.8) is 0 Å². The first kappa shape index (κ1) is 24.6. The van der Waals surface area contributed by atoms with Crippen molar-refractivity contribution in [1.82, 2.24) is 0 Å². The lowest BCUT2D eigenvalue weighted by Gasteiger charge is -2.03. The molecule has 0 bridgehead atoms. The normalized spacial score (nSPS) is 8.92. The fourth-order valence-electron chi connectivity index (χ4n) is 1.71. The van der Waals surface area contributed by atoms with Crippen molar-refractivity contribution in [2.45, 2.75) is 13.8 Å². The molecule has 0 aliphatic heterocycles. The molecular formula is C18H19I3O4. The summed E-state index contributed by atoms with van der Waals surface area (Å²) in [6.07, 6.45) is 0. The van der Waals surface area contributed by atoms with E-state index < -0.39 is 0 Å². The van der Waals surface area contributed by atoms with Crippen LogP contribution in [-0.4, -0.2) is 25.8 Å². The molecule has 4 nitrogen and oxygen atoms in total. The molecule has 0 atom stereocenters. The van der Waals surface area contributed by atoms with E-state index in [0.717, 1.165) is 20.6 Å². The average Bonchev–Trinajstić information content (AvgIpc) is 2.63. The Morgan fingerprint density at radius 3 is 1.64 bits per heavy atom. The zero-order chi connectivity index (χ0) is 19.4. The summed E-state index contributed by atoms with van der Waals surface area (Å²) >= 11 is 6.38. The topological polar surface area (TPSA) is 52.6 Å². The van der Waals surface area contributed by atoms with Crippen molar-refractivity contribution in [3.8, 4) is 11.5 Å². The molecule has 0 spiro atoms. The van der Waals surface area contributed by atoms with E-state index in [1.807, 2.05) is 6.07 Å². The van der Waals surface area contributed by atoms with E-state index in [4.69, 9.17) is 9.47 Å². The standard InChI is InChI=1S/C9H9IO2.C9H10O2.I2/c1-6(11)7-3-4-9(12-2)8(10)5-7;1-7(10)8-3-5-9(11-2)6-4-8;1-2/h3-5H,1-2H3;3-6H,1-2H3;. The van der Waals surface area contributed by atoms with Crippen LogP contribution >= 0.6 is 59.8 Å². The first-order valence-electron chi connectivity index (χ1n) is 7.02. The van der Waals surface area contributed by atoms with Crippen LogP contribution in [-0.2, 0) is 0 Å². The van der Waals surface area contributed by atoms with Crippen molar-refractivity contribution >= 4 is 71.4 Å². The summed E-state index contributed by atoms with van der Waals surface area (Å²) in [5, 5.41) is 0. The fourth-order valence-corrected chi connectivity index (χ4v) is 2.45. The summed E-state index contributed by atoms with van der Waals surface area (Å²) < 4.78 is 11.0. The van der Waals surface area contributed by atoms with Crippen LogP contribution in [0.4, 0.5) is 0 Å². The average molecular weight is 680 g/mol. The van der Waals surface area contributed by atoms with Crippen LogP contribution in [0.1, 0.15) is 34.6 Å². The van der Waals surface area contributed by atoms with Gasteiger partial charge in [0.15, 0.2) is 11.6 Å². The lowest BCUT2D eigenvalue weighted by molar-refractivity contribution is 0.100. The Morgan fingerprint density at radius 2 is 1.28 bits per heavy atom. The van der Waals surface area contributed by atoms with Crippen LogP contribution < -0.4 is 9.47 Å². The number of hydrogen-bond donors (Lipinski definition) is 0. The van der Waals surface area contributed by atoms with Gasteiger partial charge in [-0.15, -0.1) is 0 Å². The van der Waals surface area contributed by atoms with Gasteiger partial charge in [-0.05, 0) is 78.9 Å². The highest BCUT2D eigenvalue weighted by Crippen LogP contribution is 2.21. The number of hydrogen-bond acceptors (Lipinski definition) is 4. The van der Waals surface area contributed by atoms with Gasteiger partial charge in [-0.25, -0.2) is 0 Å². The molecule has 0 N–H and O–H groups in total. The van der Waals surface area contributed by atoms with E-state index >= 15 is 0 Å². The zero-order valence-corrected chi connectivity index (χ0v) is 20.8. The highest BCUT2D eigenvalue weighted by molar-refractivity contribution is 15.0. The number of Topliss-reactive ketones (excluding diaryl/α,β-unsaturated/α-hetero) is 2. The van der Waals surface area contributed by atoms with E-state index in [1.54, 1.807) is 64.5 Å². The van der Waals surface area contributed by atoms with E-state index in [1.165, 1.54) is 0 Å². The van der Waals surface area contributed by atoms with Gasteiger partial charge in [-0.2, -0.15) is 0 Å². The maximum absolute atomic E-state index is 11.0. The Bertz CT molecular complexity index is 685. The van der Waals surface area contributed by atoms with Gasteiger partial charge < -0.3 is 9.47 Å². The summed E-state index contributed by atoms with van der Waals surface area (Å²) in [7, 11) is 3.22. The fraction of sp³-hybridized carbons (Fsp3) is 0.222. The van der Waals surface area contributed by atoms with Crippen molar-refractivity contribution in [1.29, 1.82) is 0 Å². The summed E-state index contributed by atoms with van der Waals surface area (Å²) in [6, 6.07) is 12.4. The molecule has 0 saturated carbocycles. The molecule has 0 heterocycles. The first-order valence-corrected chi connectivity index (χ1v) is 14.4. The van der Waals surface area contributed by atoms with Gasteiger partial charge in [0, 0.05) is 48.4 Å². The number of rotatable bonds is 4. The molecule has 0 unspecified atom stereocenters. The van der Waals surface area contributed by atoms with Crippen molar-refractivity contribution in [2.75, 3.05) is 14.2 Å². The Morgan fingerprint density at radius 1 is 0.800 bits per heavy atom. The maximum atomic E-state index is 11.0. The Balaban J connectivity index is 0.000000421. The van der Waals surface area contributed by atoms with Gasteiger partial charge >= 0.3 is 0 Å². The maximum Gasteiger partial charge on any atom is 0.159 e. The van der Waals surface area contributed by atoms with Crippen LogP contribution in [0.25, 0.3) is 0 Å². The van der Waals surface area contributed by atoms with Crippen molar-refractivity contribution < 1.29 is 19.1 Å². The largest absolute Gasteiger partial charge is 0.497 e. The van der Waals surface area contributed by atoms with E-state index in [-0.39, 0.29) is 11.6 Å². The summed E-state index contributed by atoms with van der Waals surface area (Å²) in [5.74, 6) is 1.74. The minimum atomic E-state index is 0.0765.